The minimum absolute atomic E-state index is 0.868. The van der Waals surface area contributed by atoms with Crippen molar-refractivity contribution in [1.82, 2.24) is 0 Å². The summed E-state index contributed by atoms with van der Waals surface area (Å²) in [5.74, 6) is 0. The smallest absolute Gasteiger partial charge is 0.183 e. The van der Waals surface area contributed by atoms with Gasteiger partial charge in [-0.1, -0.05) is 0 Å². The van der Waals surface area contributed by atoms with Crippen molar-refractivity contribution in [3.8, 4) is 0 Å². The number of quaternary nitrogens is 1. The number of ether oxygens (including phenoxy) is 1. The molecule has 0 aromatic heterocycles. The molecule has 14 heavy (non-hydrogen) atoms. The minimum Gasteiger partial charge on any atom is -0.332 e. The van der Waals surface area contributed by atoms with Gasteiger partial charge in [0.1, 0.15) is 0 Å². The third-order valence-corrected chi connectivity index (χ3v) is 4.40. The van der Waals surface area contributed by atoms with E-state index in [0.717, 1.165) is 25.4 Å². The predicted molar refractivity (Wildman–Crippen MR) is 58.0 cm³/mol. The van der Waals surface area contributed by atoms with Gasteiger partial charge in [-0.3, -0.25) is 4.48 Å². The highest BCUT2D eigenvalue weighted by Crippen LogP contribution is 2.39. The molecule has 2 rings (SSSR count). The molecule has 0 aromatic carbocycles. The van der Waals surface area contributed by atoms with E-state index in [0.29, 0.717) is 0 Å². The van der Waals surface area contributed by atoms with Gasteiger partial charge in [0.25, 0.3) is 0 Å². The van der Waals surface area contributed by atoms with E-state index in [2.05, 4.69) is 14.0 Å². The van der Waals surface area contributed by atoms with Crippen LogP contribution >= 0.6 is 0 Å². The first kappa shape index (κ1) is 10.4. The van der Waals surface area contributed by atoms with E-state index in [1.807, 2.05) is 0 Å². The van der Waals surface area contributed by atoms with E-state index in [-0.39, 0.29) is 0 Å². The Morgan fingerprint density at radius 2 is 1.64 bits per heavy atom. The van der Waals surface area contributed by atoms with Gasteiger partial charge in [-0.25, -0.2) is 0 Å². The van der Waals surface area contributed by atoms with Crippen LogP contribution in [0.2, 0.25) is 0 Å². The summed E-state index contributed by atoms with van der Waals surface area (Å²) >= 11 is 0. The van der Waals surface area contributed by atoms with Crippen LogP contribution in [0.3, 0.4) is 0 Å². The average molecular weight is 198 g/mol. The lowest BCUT2D eigenvalue weighted by Gasteiger charge is -2.39. The van der Waals surface area contributed by atoms with Crippen molar-refractivity contribution >= 4 is 0 Å². The summed E-state index contributed by atoms with van der Waals surface area (Å²) in [4.78, 5) is 0. The van der Waals surface area contributed by atoms with Crippen molar-refractivity contribution < 1.29 is 9.22 Å². The van der Waals surface area contributed by atoms with E-state index in [9.17, 15) is 0 Å². The van der Waals surface area contributed by atoms with Crippen molar-refractivity contribution in [3.63, 3.8) is 0 Å². The standard InChI is InChI=1S/C12H24NO/c1-3-14-10-13(2)11-6-4-5-7-12(13)9-8-11/h11-12H,3-10H2,1-2H3/q+1. The molecule has 0 aromatic rings. The summed E-state index contributed by atoms with van der Waals surface area (Å²) in [7, 11) is 2.42. The second-order valence-corrected chi connectivity index (χ2v) is 5.14. The number of nitrogens with zero attached hydrogens (tertiary/aromatic N) is 1. The van der Waals surface area contributed by atoms with E-state index in [4.69, 9.17) is 4.74 Å². The highest BCUT2D eigenvalue weighted by molar-refractivity contribution is 4.78. The number of hydrogen-bond acceptors (Lipinski definition) is 1. The van der Waals surface area contributed by atoms with Crippen LogP contribution < -0.4 is 0 Å². The molecule has 2 heteroatoms. The Morgan fingerprint density at radius 3 is 2.14 bits per heavy atom. The number of hydrogen-bond donors (Lipinski definition) is 0. The van der Waals surface area contributed by atoms with Gasteiger partial charge in [-0.15, -0.1) is 0 Å². The van der Waals surface area contributed by atoms with Crippen LogP contribution in [0.5, 0.6) is 0 Å². The molecule has 0 aliphatic carbocycles. The SMILES string of the molecule is CCOC[N+]1(C)C2CCCCC1CC2. The molecule has 0 spiro atoms. The first-order valence-corrected chi connectivity index (χ1v) is 6.20. The molecule has 2 unspecified atom stereocenters. The minimum atomic E-state index is 0.868. The van der Waals surface area contributed by atoms with Crippen LogP contribution in [0.1, 0.15) is 45.4 Å². The Morgan fingerprint density at radius 1 is 1.07 bits per heavy atom. The summed E-state index contributed by atoms with van der Waals surface area (Å²) in [6.45, 7) is 3.92. The molecular formula is C12H24NO+. The molecule has 82 valence electrons. The zero-order valence-corrected chi connectivity index (χ0v) is 9.67. The van der Waals surface area contributed by atoms with Gasteiger partial charge in [0.05, 0.1) is 19.1 Å². The molecule has 2 aliphatic rings. The first-order chi connectivity index (χ1) is 6.77. The van der Waals surface area contributed by atoms with Gasteiger partial charge in [0.15, 0.2) is 6.73 Å². The lowest BCUT2D eigenvalue weighted by Crippen LogP contribution is -2.53. The fourth-order valence-electron chi connectivity index (χ4n) is 3.41. The molecule has 0 N–H and O–H groups in total. The third kappa shape index (κ3) is 1.70. The van der Waals surface area contributed by atoms with Gasteiger partial charge in [0, 0.05) is 19.4 Å². The molecule has 0 saturated carbocycles. The summed E-state index contributed by atoms with van der Waals surface area (Å²) < 4.78 is 6.90. The maximum Gasteiger partial charge on any atom is 0.183 e. The Hall–Kier alpha value is -0.0800. The first-order valence-electron chi connectivity index (χ1n) is 6.20. The molecule has 2 saturated heterocycles. The lowest BCUT2D eigenvalue weighted by atomic mass is 10.0. The molecular weight excluding hydrogens is 174 g/mol. The van der Waals surface area contributed by atoms with Gasteiger partial charge >= 0.3 is 0 Å². The molecule has 2 atom stereocenters. The molecule has 2 bridgehead atoms. The summed E-state index contributed by atoms with van der Waals surface area (Å²) in [6, 6.07) is 1.79. The number of fused-ring (bicyclic) bond motifs is 2. The van der Waals surface area contributed by atoms with Gasteiger partial charge in [-0.2, -0.15) is 0 Å². The van der Waals surface area contributed by atoms with E-state index in [1.165, 1.54) is 43.0 Å². The maximum absolute atomic E-state index is 5.68. The van der Waals surface area contributed by atoms with Crippen LogP contribution in [0, 0.1) is 0 Å². The van der Waals surface area contributed by atoms with Crippen molar-refractivity contribution in [3.05, 3.63) is 0 Å². The van der Waals surface area contributed by atoms with E-state index >= 15 is 0 Å². The highest BCUT2D eigenvalue weighted by atomic mass is 16.5. The summed E-state index contributed by atoms with van der Waals surface area (Å²) in [5.41, 5.74) is 0. The lowest BCUT2D eigenvalue weighted by molar-refractivity contribution is -0.959. The molecule has 0 amide bonds. The Bertz CT molecular complexity index is 179. The van der Waals surface area contributed by atoms with Crippen molar-refractivity contribution in [2.24, 2.45) is 0 Å². The normalized spacial score (nSPS) is 42.4. The molecule has 2 fully saturated rings. The monoisotopic (exact) mass is 198 g/mol. The largest absolute Gasteiger partial charge is 0.332 e. The van der Waals surface area contributed by atoms with Crippen LogP contribution in [-0.4, -0.2) is 37.0 Å². The second-order valence-electron chi connectivity index (χ2n) is 5.14. The Kier molecular flexibility index (Phi) is 3.13. The molecule has 2 aliphatic heterocycles. The number of rotatable bonds is 3. The van der Waals surface area contributed by atoms with Gasteiger partial charge < -0.3 is 4.74 Å². The average Bonchev–Trinajstić information content (AvgIpc) is 2.34. The zero-order valence-electron chi connectivity index (χ0n) is 9.67. The highest BCUT2D eigenvalue weighted by Gasteiger charge is 2.46. The van der Waals surface area contributed by atoms with E-state index < -0.39 is 0 Å². The summed E-state index contributed by atoms with van der Waals surface area (Å²) in [5, 5.41) is 0. The van der Waals surface area contributed by atoms with Crippen LogP contribution in [-0.2, 0) is 4.74 Å². The van der Waals surface area contributed by atoms with Crippen LogP contribution in [0.25, 0.3) is 0 Å². The second kappa shape index (κ2) is 4.19. The van der Waals surface area contributed by atoms with Crippen molar-refractivity contribution in [2.75, 3.05) is 20.4 Å². The maximum atomic E-state index is 5.68. The molecule has 2 nitrogen and oxygen atoms in total. The zero-order chi connectivity index (χ0) is 10.0. The van der Waals surface area contributed by atoms with E-state index in [1.54, 1.807) is 0 Å². The Labute approximate surface area is 87.8 Å². The van der Waals surface area contributed by atoms with Crippen LogP contribution in [0.15, 0.2) is 0 Å². The molecule has 2 heterocycles. The van der Waals surface area contributed by atoms with Crippen molar-refractivity contribution in [2.45, 2.75) is 57.5 Å². The molecule has 0 radical (unpaired) electrons. The topological polar surface area (TPSA) is 9.23 Å². The van der Waals surface area contributed by atoms with Gasteiger partial charge in [-0.05, 0) is 32.6 Å². The van der Waals surface area contributed by atoms with Gasteiger partial charge in [0.2, 0.25) is 0 Å². The quantitative estimate of drug-likeness (QED) is 0.633. The fourth-order valence-corrected chi connectivity index (χ4v) is 3.41. The Balaban J connectivity index is 2.06. The van der Waals surface area contributed by atoms with Crippen LogP contribution in [0.4, 0.5) is 0 Å². The predicted octanol–water partition coefficient (Wildman–Crippen LogP) is 2.53. The summed E-state index contributed by atoms with van der Waals surface area (Å²) in [6.07, 6.45) is 8.63. The fraction of sp³-hybridized carbons (Fsp3) is 1.00. The third-order valence-electron chi connectivity index (χ3n) is 4.40. The van der Waals surface area contributed by atoms with Crippen molar-refractivity contribution in [1.29, 1.82) is 0 Å².